The van der Waals surface area contributed by atoms with E-state index in [9.17, 15) is 0 Å². The summed E-state index contributed by atoms with van der Waals surface area (Å²) in [6.07, 6.45) is 4.32. The van der Waals surface area contributed by atoms with Gasteiger partial charge in [-0.2, -0.15) is 10.2 Å². The number of hydrogen-bond acceptors (Lipinski definition) is 4. The molecule has 0 saturated heterocycles. The van der Waals surface area contributed by atoms with Gasteiger partial charge in [-0.3, -0.25) is 9.36 Å². The first-order valence-electron chi connectivity index (χ1n) is 5.71. The molecule has 0 aromatic carbocycles. The summed E-state index contributed by atoms with van der Waals surface area (Å²) in [5, 5.41) is 8.52. The third-order valence-electron chi connectivity index (χ3n) is 2.44. The van der Waals surface area contributed by atoms with E-state index in [1.807, 2.05) is 7.05 Å². The van der Waals surface area contributed by atoms with Crippen molar-refractivity contribution in [3.8, 4) is 0 Å². The molecule has 0 aliphatic rings. The average Bonchev–Trinajstić information content (AvgIpc) is 2.74. The Morgan fingerprint density at radius 2 is 2.18 bits per heavy atom. The molecule has 0 saturated carbocycles. The van der Waals surface area contributed by atoms with E-state index < -0.39 is 0 Å². The highest BCUT2D eigenvalue weighted by Crippen LogP contribution is 2.06. The molecule has 0 amide bonds. The number of nitrogen functional groups attached to an aromatic ring is 1. The van der Waals surface area contributed by atoms with E-state index in [1.54, 1.807) is 21.8 Å². The third kappa shape index (κ3) is 2.83. The zero-order valence-corrected chi connectivity index (χ0v) is 10.5. The molecule has 0 aliphatic heterocycles. The normalized spacial score (nSPS) is 11.3. The molecule has 0 aliphatic carbocycles. The molecule has 0 spiro atoms. The van der Waals surface area contributed by atoms with Crippen LogP contribution in [0, 0.1) is 5.92 Å². The zero-order valence-electron chi connectivity index (χ0n) is 10.5. The maximum Gasteiger partial charge on any atom is 0.151 e. The quantitative estimate of drug-likeness (QED) is 0.850. The van der Waals surface area contributed by atoms with Gasteiger partial charge in [-0.15, -0.1) is 0 Å². The van der Waals surface area contributed by atoms with E-state index in [1.165, 1.54) is 0 Å². The first-order chi connectivity index (χ1) is 8.04. The lowest BCUT2D eigenvalue weighted by Gasteiger charge is -1.99. The first-order valence-corrected chi connectivity index (χ1v) is 5.71. The van der Waals surface area contributed by atoms with Crippen LogP contribution in [-0.4, -0.2) is 24.5 Å². The summed E-state index contributed by atoms with van der Waals surface area (Å²) >= 11 is 0. The van der Waals surface area contributed by atoms with Crippen LogP contribution in [0.4, 0.5) is 5.69 Å². The molecule has 2 aromatic heterocycles. The SMILES string of the molecule is CC(C)Cc1nc(Cn2cc(N)cn2)n(C)n1. The third-order valence-corrected chi connectivity index (χ3v) is 2.44. The summed E-state index contributed by atoms with van der Waals surface area (Å²) in [4.78, 5) is 4.50. The lowest BCUT2D eigenvalue weighted by Crippen LogP contribution is -2.07. The van der Waals surface area contributed by atoms with Crippen molar-refractivity contribution in [2.24, 2.45) is 13.0 Å². The molecular weight excluding hydrogens is 216 g/mol. The van der Waals surface area contributed by atoms with Gasteiger partial charge in [0.2, 0.25) is 0 Å². The largest absolute Gasteiger partial charge is 0.396 e. The van der Waals surface area contributed by atoms with Crippen molar-refractivity contribution in [3.63, 3.8) is 0 Å². The number of nitrogens with two attached hydrogens (primary N) is 1. The fourth-order valence-electron chi connectivity index (χ4n) is 1.67. The minimum absolute atomic E-state index is 0.561. The van der Waals surface area contributed by atoms with Gasteiger partial charge in [0.05, 0.1) is 11.9 Å². The predicted molar refractivity (Wildman–Crippen MR) is 65.3 cm³/mol. The van der Waals surface area contributed by atoms with Crippen molar-refractivity contribution in [2.75, 3.05) is 5.73 Å². The molecule has 2 heterocycles. The fraction of sp³-hybridized carbons (Fsp3) is 0.545. The van der Waals surface area contributed by atoms with E-state index >= 15 is 0 Å². The molecule has 6 heteroatoms. The summed E-state index contributed by atoms with van der Waals surface area (Å²) in [6.45, 7) is 4.91. The van der Waals surface area contributed by atoms with Gasteiger partial charge in [-0.05, 0) is 5.92 Å². The summed E-state index contributed by atoms with van der Waals surface area (Å²) in [5.41, 5.74) is 6.28. The highest BCUT2D eigenvalue weighted by atomic mass is 15.4. The molecule has 0 bridgehead atoms. The van der Waals surface area contributed by atoms with Crippen LogP contribution in [-0.2, 0) is 20.0 Å². The van der Waals surface area contributed by atoms with E-state index in [0.29, 0.717) is 18.2 Å². The molecule has 0 radical (unpaired) electrons. The number of anilines is 1. The van der Waals surface area contributed by atoms with Crippen LogP contribution in [0.5, 0.6) is 0 Å². The van der Waals surface area contributed by atoms with Crippen molar-refractivity contribution in [3.05, 3.63) is 24.0 Å². The monoisotopic (exact) mass is 234 g/mol. The molecule has 2 N–H and O–H groups in total. The molecule has 2 rings (SSSR count). The Kier molecular flexibility index (Phi) is 3.12. The Bertz CT molecular complexity index is 496. The summed E-state index contributed by atoms with van der Waals surface area (Å²) in [6, 6.07) is 0. The second kappa shape index (κ2) is 4.57. The van der Waals surface area contributed by atoms with Gasteiger partial charge in [0.15, 0.2) is 5.82 Å². The standard InChI is InChI=1S/C11H18N6/c1-8(2)4-10-14-11(16(3)15-10)7-17-6-9(12)5-13-17/h5-6,8H,4,7,12H2,1-3H3. The summed E-state index contributed by atoms with van der Waals surface area (Å²) in [7, 11) is 1.90. The highest BCUT2D eigenvalue weighted by molar-refractivity contribution is 5.30. The average molecular weight is 234 g/mol. The molecule has 6 nitrogen and oxygen atoms in total. The lowest BCUT2D eigenvalue weighted by molar-refractivity contribution is 0.600. The van der Waals surface area contributed by atoms with Gasteiger partial charge in [0, 0.05) is 19.7 Å². The number of hydrogen-bond donors (Lipinski definition) is 1. The second-order valence-electron chi connectivity index (χ2n) is 4.64. The van der Waals surface area contributed by atoms with Gasteiger partial charge in [0.25, 0.3) is 0 Å². The highest BCUT2D eigenvalue weighted by Gasteiger charge is 2.09. The van der Waals surface area contributed by atoms with Crippen molar-refractivity contribution in [2.45, 2.75) is 26.8 Å². The first kappa shape index (κ1) is 11.6. The topological polar surface area (TPSA) is 74.6 Å². The molecule has 92 valence electrons. The van der Waals surface area contributed by atoms with Crippen LogP contribution in [0.15, 0.2) is 12.4 Å². The van der Waals surface area contributed by atoms with E-state index in [2.05, 4.69) is 29.0 Å². The lowest BCUT2D eigenvalue weighted by atomic mass is 10.1. The van der Waals surface area contributed by atoms with Gasteiger partial charge < -0.3 is 5.73 Å². The van der Waals surface area contributed by atoms with Crippen LogP contribution in [0.1, 0.15) is 25.5 Å². The smallest absolute Gasteiger partial charge is 0.151 e. The van der Waals surface area contributed by atoms with Gasteiger partial charge in [-0.25, -0.2) is 4.98 Å². The van der Waals surface area contributed by atoms with Crippen molar-refractivity contribution >= 4 is 5.69 Å². The predicted octanol–water partition coefficient (Wildman–Crippen LogP) is 0.841. The molecule has 0 unspecified atom stereocenters. The van der Waals surface area contributed by atoms with Crippen LogP contribution < -0.4 is 5.73 Å². The van der Waals surface area contributed by atoms with Gasteiger partial charge >= 0.3 is 0 Å². The van der Waals surface area contributed by atoms with Crippen molar-refractivity contribution in [1.29, 1.82) is 0 Å². The van der Waals surface area contributed by atoms with E-state index in [4.69, 9.17) is 5.73 Å². The number of aryl methyl sites for hydroxylation is 1. The number of aromatic nitrogens is 5. The maximum atomic E-state index is 5.62. The molecular formula is C11H18N6. The Labute approximate surface area is 100 Å². The Hall–Kier alpha value is -1.85. The Balaban J connectivity index is 2.13. The molecule has 17 heavy (non-hydrogen) atoms. The van der Waals surface area contributed by atoms with E-state index in [0.717, 1.165) is 18.1 Å². The van der Waals surface area contributed by atoms with Gasteiger partial charge in [0.1, 0.15) is 12.4 Å². The molecule has 0 atom stereocenters. The van der Waals surface area contributed by atoms with Crippen molar-refractivity contribution < 1.29 is 0 Å². The fourth-order valence-corrected chi connectivity index (χ4v) is 1.67. The Morgan fingerprint density at radius 3 is 2.76 bits per heavy atom. The van der Waals surface area contributed by atoms with E-state index in [-0.39, 0.29) is 0 Å². The van der Waals surface area contributed by atoms with Crippen LogP contribution in [0.2, 0.25) is 0 Å². The zero-order chi connectivity index (χ0) is 12.4. The van der Waals surface area contributed by atoms with Crippen LogP contribution in [0.3, 0.4) is 0 Å². The summed E-state index contributed by atoms with van der Waals surface area (Å²) in [5.74, 6) is 2.34. The van der Waals surface area contributed by atoms with Crippen molar-refractivity contribution in [1.82, 2.24) is 24.5 Å². The number of nitrogens with zero attached hydrogens (tertiary/aromatic N) is 5. The maximum absolute atomic E-state index is 5.62. The second-order valence-corrected chi connectivity index (χ2v) is 4.64. The van der Waals surface area contributed by atoms with Crippen LogP contribution in [0.25, 0.3) is 0 Å². The summed E-state index contributed by atoms with van der Waals surface area (Å²) < 4.78 is 3.56. The molecule has 2 aromatic rings. The minimum atomic E-state index is 0.561. The number of rotatable bonds is 4. The minimum Gasteiger partial charge on any atom is -0.396 e. The van der Waals surface area contributed by atoms with Gasteiger partial charge in [-0.1, -0.05) is 13.8 Å². The molecule has 0 fully saturated rings. The van der Waals surface area contributed by atoms with Crippen LogP contribution >= 0.6 is 0 Å². The Morgan fingerprint density at radius 1 is 1.41 bits per heavy atom.